The third-order valence-electron chi connectivity index (χ3n) is 2.96. The van der Waals surface area contributed by atoms with E-state index in [2.05, 4.69) is 25.7 Å². The predicted octanol–water partition coefficient (Wildman–Crippen LogP) is 1.40. The average Bonchev–Trinajstić information content (AvgIpc) is 3.13. The Bertz CT molecular complexity index is 808. The van der Waals surface area contributed by atoms with Crippen LogP contribution in [-0.4, -0.2) is 30.7 Å². The topological polar surface area (TPSA) is 88.0 Å². The highest BCUT2D eigenvalue weighted by Crippen LogP contribution is 2.29. The van der Waals surface area contributed by atoms with E-state index in [0.29, 0.717) is 5.82 Å². The summed E-state index contributed by atoms with van der Waals surface area (Å²) >= 11 is 0. The Balaban J connectivity index is 1.79. The molecule has 0 unspecified atom stereocenters. The van der Waals surface area contributed by atoms with Gasteiger partial charge in [0.1, 0.15) is 5.69 Å². The molecule has 2 N–H and O–H groups in total. The van der Waals surface area contributed by atoms with Gasteiger partial charge in [-0.05, 0) is 18.2 Å². The van der Waals surface area contributed by atoms with Crippen molar-refractivity contribution >= 4 is 11.6 Å². The lowest BCUT2D eigenvalue weighted by Crippen LogP contribution is -2.24. The number of hydrogen-bond donors (Lipinski definition) is 2. The summed E-state index contributed by atoms with van der Waals surface area (Å²) in [5.74, 6) is -0.0854. The lowest BCUT2D eigenvalue weighted by Gasteiger charge is -2.07. The molecule has 3 aromatic heterocycles. The largest absolute Gasteiger partial charge is 0.416 e. The van der Waals surface area contributed by atoms with Gasteiger partial charge in [-0.1, -0.05) is 0 Å². The molecule has 3 rings (SSSR count). The van der Waals surface area contributed by atoms with Crippen molar-refractivity contribution in [2.24, 2.45) is 0 Å². The normalized spacial score (nSPS) is 11.8. The molecule has 22 heavy (non-hydrogen) atoms. The third-order valence-corrected chi connectivity index (χ3v) is 2.96. The minimum absolute atomic E-state index is 0.0182. The summed E-state index contributed by atoms with van der Waals surface area (Å²) in [6, 6.07) is 3.32. The summed E-state index contributed by atoms with van der Waals surface area (Å²) < 4.78 is 39.2. The van der Waals surface area contributed by atoms with E-state index in [4.69, 9.17) is 0 Å². The van der Waals surface area contributed by atoms with Crippen molar-refractivity contribution in [1.29, 1.82) is 0 Å². The van der Waals surface area contributed by atoms with Gasteiger partial charge in [-0.3, -0.25) is 14.3 Å². The van der Waals surface area contributed by atoms with E-state index in [9.17, 15) is 18.0 Å². The SMILES string of the molecule is O=C(NCc1nnc2cc(C(F)(F)F)ccn12)c1ccn[nH]1. The van der Waals surface area contributed by atoms with Gasteiger partial charge in [0, 0.05) is 12.4 Å². The van der Waals surface area contributed by atoms with E-state index < -0.39 is 17.6 Å². The monoisotopic (exact) mass is 310 g/mol. The van der Waals surface area contributed by atoms with Gasteiger partial charge < -0.3 is 5.32 Å². The number of nitrogens with one attached hydrogen (secondary N) is 2. The molecular formula is C12H9F3N6O. The van der Waals surface area contributed by atoms with Crippen molar-refractivity contribution in [3.8, 4) is 0 Å². The number of halogens is 3. The first-order valence-corrected chi connectivity index (χ1v) is 6.13. The van der Waals surface area contributed by atoms with Crippen LogP contribution in [-0.2, 0) is 12.7 Å². The molecule has 7 nitrogen and oxygen atoms in total. The average molecular weight is 310 g/mol. The molecule has 3 aromatic rings. The van der Waals surface area contributed by atoms with Gasteiger partial charge in [-0.15, -0.1) is 10.2 Å². The first kappa shape index (κ1) is 14.0. The van der Waals surface area contributed by atoms with Crippen molar-refractivity contribution in [3.05, 3.63) is 47.7 Å². The molecule has 0 saturated carbocycles. The smallest absolute Gasteiger partial charge is 0.343 e. The number of pyridine rings is 1. The molecule has 0 atom stereocenters. The zero-order chi connectivity index (χ0) is 15.7. The van der Waals surface area contributed by atoms with E-state index in [0.717, 1.165) is 12.1 Å². The summed E-state index contributed by atoms with van der Waals surface area (Å²) in [4.78, 5) is 11.7. The second-order valence-electron chi connectivity index (χ2n) is 4.41. The molecule has 0 aliphatic heterocycles. The molecule has 0 saturated heterocycles. The number of H-pyrrole nitrogens is 1. The first-order valence-electron chi connectivity index (χ1n) is 6.13. The Labute approximate surface area is 121 Å². The number of amides is 1. The van der Waals surface area contributed by atoms with E-state index in [1.807, 2.05) is 0 Å². The quantitative estimate of drug-likeness (QED) is 0.765. The van der Waals surface area contributed by atoms with Crippen molar-refractivity contribution in [3.63, 3.8) is 0 Å². The van der Waals surface area contributed by atoms with Crippen LogP contribution in [0.15, 0.2) is 30.6 Å². The van der Waals surface area contributed by atoms with E-state index >= 15 is 0 Å². The van der Waals surface area contributed by atoms with Crippen LogP contribution < -0.4 is 5.32 Å². The maximum Gasteiger partial charge on any atom is 0.416 e. The molecule has 0 radical (unpaired) electrons. The minimum Gasteiger partial charge on any atom is -0.343 e. The molecule has 0 aromatic carbocycles. The van der Waals surface area contributed by atoms with Crippen LogP contribution >= 0.6 is 0 Å². The van der Waals surface area contributed by atoms with Gasteiger partial charge in [0.25, 0.3) is 5.91 Å². The van der Waals surface area contributed by atoms with Crippen LogP contribution in [0.1, 0.15) is 21.9 Å². The Morgan fingerprint density at radius 3 is 2.82 bits per heavy atom. The summed E-state index contributed by atoms with van der Waals surface area (Å²) in [5.41, 5.74) is -0.478. The second-order valence-corrected chi connectivity index (χ2v) is 4.41. The number of alkyl halides is 3. The van der Waals surface area contributed by atoms with E-state index in [-0.39, 0.29) is 17.9 Å². The Kier molecular flexibility index (Phi) is 3.28. The molecule has 114 valence electrons. The van der Waals surface area contributed by atoms with Crippen molar-refractivity contribution in [2.75, 3.05) is 0 Å². The van der Waals surface area contributed by atoms with Crippen molar-refractivity contribution in [2.45, 2.75) is 12.7 Å². The molecule has 3 heterocycles. The Hall–Kier alpha value is -2.91. The summed E-state index contributed by atoms with van der Waals surface area (Å²) in [6.07, 6.45) is -1.79. The number of hydrogen-bond acceptors (Lipinski definition) is 4. The van der Waals surface area contributed by atoms with Crippen LogP contribution in [0.2, 0.25) is 0 Å². The number of carbonyl (C=O) groups is 1. The number of carbonyl (C=O) groups excluding carboxylic acids is 1. The fraction of sp³-hybridized carbons (Fsp3) is 0.167. The highest BCUT2D eigenvalue weighted by molar-refractivity contribution is 5.91. The van der Waals surface area contributed by atoms with Gasteiger partial charge in [0.15, 0.2) is 11.5 Å². The van der Waals surface area contributed by atoms with Crippen molar-refractivity contribution in [1.82, 2.24) is 30.1 Å². The maximum absolute atomic E-state index is 12.6. The van der Waals surface area contributed by atoms with Crippen LogP contribution in [0, 0.1) is 0 Å². The molecule has 0 bridgehead atoms. The molecule has 0 spiro atoms. The van der Waals surface area contributed by atoms with Crippen LogP contribution in [0.4, 0.5) is 13.2 Å². The minimum atomic E-state index is -4.44. The molecule has 0 aliphatic rings. The number of fused-ring (bicyclic) bond motifs is 1. The Morgan fingerprint density at radius 1 is 1.32 bits per heavy atom. The number of rotatable bonds is 3. The molecular weight excluding hydrogens is 301 g/mol. The predicted molar refractivity (Wildman–Crippen MR) is 67.7 cm³/mol. The second kappa shape index (κ2) is 5.13. The molecule has 0 aliphatic carbocycles. The van der Waals surface area contributed by atoms with Crippen molar-refractivity contribution < 1.29 is 18.0 Å². The maximum atomic E-state index is 12.6. The van der Waals surface area contributed by atoms with Crippen LogP contribution in [0.3, 0.4) is 0 Å². The fourth-order valence-corrected chi connectivity index (χ4v) is 1.87. The summed E-state index contributed by atoms with van der Waals surface area (Å²) in [6.45, 7) is 0.0182. The number of nitrogens with zero attached hydrogens (tertiary/aromatic N) is 4. The molecule has 1 amide bonds. The first-order chi connectivity index (χ1) is 10.4. The van der Waals surface area contributed by atoms with Gasteiger partial charge in [0.05, 0.1) is 12.1 Å². The lowest BCUT2D eigenvalue weighted by molar-refractivity contribution is -0.137. The van der Waals surface area contributed by atoms with E-state index in [1.54, 1.807) is 0 Å². The third kappa shape index (κ3) is 2.62. The highest BCUT2D eigenvalue weighted by Gasteiger charge is 2.31. The Morgan fingerprint density at radius 2 is 2.14 bits per heavy atom. The van der Waals surface area contributed by atoms with Gasteiger partial charge in [-0.25, -0.2) is 0 Å². The fourth-order valence-electron chi connectivity index (χ4n) is 1.87. The number of aromatic nitrogens is 5. The van der Waals surface area contributed by atoms with Crippen LogP contribution in [0.5, 0.6) is 0 Å². The summed E-state index contributed by atoms with van der Waals surface area (Å²) in [7, 11) is 0. The zero-order valence-corrected chi connectivity index (χ0v) is 10.9. The molecule has 0 fully saturated rings. The van der Waals surface area contributed by atoms with E-state index in [1.165, 1.54) is 22.9 Å². The van der Waals surface area contributed by atoms with Gasteiger partial charge >= 0.3 is 6.18 Å². The van der Waals surface area contributed by atoms with Crippen LogP contribution in [0.25, 0.3) is 5.65 Å². The highest BCUT2D eigenvalue weighted by atomic mass is 19.4. The standard InChI is InChI=1S/C12H9F3N6O/c13-12(14,15)7-2-4-21-9(5-7)19-20-10(21)6-16-11(22)8-1-3-17-18-8/h1-5H,6H2,(H,16,22)(H,17,18). The molecule has 10 heteroatoms. The van der Waals surface area contributed by atoms with Gasteiger partial charge in [0.2, 0.25) is 0 Å². The van der Waals surface area contributed by atoms with Gasteiger partial charge in [-0.2, -0.15) is 18.3 Å². The lowest BCUT2D eigenvalue weighted by atomic mass is 10.2. The number of aromatic amines is 1. The summed E-state index contributed by atoms with van der Waals surface area (Å²) in [5, 5.41) is 16.2. The zero-order valence-electron chi connectivity index (χ0n) is 10.9.